The highest BCUT2D eigenvalue weighted by molar-refractivity contribution is 5.17. The minimum Gasteiger partial charge on any atom is -0.386 e. The Hall–Kier alpha value is -1.72. The van der Waals surface area contributed by atoms with Gasteiger partial charge in [-0.3, -0.25) is 4.90 Å². The van der Waals surface area contributed by atoms with Crippen LogP contribution in [0.4, 0.5) is 0 Å². The zero-order chi connectivity index (χ0) is 16.6. The Bertz CT molecular complexity index is 590. The van der Waals surface area contributed by atoms with E-state index >= 15 is 0 Å². The summed E-state index contributed by atoms with van der Waals surface area (Å²) in [6.45, 7) is 4.27. The average molecular weight is 327 g/mol. The largest absolute Gasteiger partial charge is 0.386 e. The minimum atomic E-state index is -0.588. The molecule has 1 N–H and O–H groups in total. The van der Waals surface area contributed by atoms with Gasteiger partial charge in [0.05, 0.1) is 25.9 Å². The lowest BCUT2D eigenvalue weighted by Gasteiger charge is -2.33. The van der Waals surface area contributed by atoms with Crippen molar-refractivity contribution in [3.05, 3.63) is 71.8 Å². The lowest BCUT2D eigenvalue weighted by atomic mass is 10.1. The van der Waals surface area contributed by atoms with Crippen LogP contribution in [0.15, 0.2) is 60.7 Å². The van der Waals surface area contributed by atoms with E-state index in [1.54, 1.807) is 0 Å². The molecular formula is C20H25NO3. The highest BCUT2D eigenvalue weighted by Gasteiger charge is 2.21. The highest BCUT2D eigenvalue weighted by Crippen LogP contribution is 2.14. The molecule has 4 heteroatoms. The number of ether oxygens (including phenoxy) is 2. The van der Waals surface area contributed by atoms with E-state index in [-0.39, 0.29) is 6.10 Å². The summed E-state index contributed by atoms with van der Waals surface area (Å²) in [5.74, 6) is 0. The van der Waals surface area contributed by atoms with Crippen molar-refractivity contribution in [1.29, 1.82) is 0 Å². The molecule has 4 nitrogen and oxygen atoms in total. The molecule has 2 aromatic rings. The van der Waals surface area contributed by atoms with Gasteiger partial charge < -0.3 is 14.6 Å². The van der Waals surface area contributed by atoms with E-state index in [9.17, 15) is 5.11 Å². The first-order chi connectivity index (χ1) is 11.8. The predicted octanol–water partition coefficient (Wildman–Crippen LogP) is 2.64. The van der Waals surface area contributed by atoms with Gasteiger partial charge in [0.15, 0.2) is 0 Å². The molecule has 1 aliphatic rings. The summed E-state index contributed by atoms with van der Waals surface area (Å²) in [4.78, 5) is 2.39. The number of aliphatic hydroxyl groups excluding tert-OH is 1. The van der Waals surface area contributed by atoms with E-state index in [2.05, 4.69) is 29.2 Å². The number of nitrogens with zero attached hydrogens (tertiary/aromatic N) is 1. The fourth-order valence-corrected chi connectivity index (χ4v) is 2.95. The van der Waals surface area contributed by atoms with Crippen LogP contribution in [0, 0.1) is 0 Å². The van der Waals surface area contributed by atoms with E-state index in [0.29, 0.717) is 13.2 Å². The van der Waals surface area contributed by atoms with Crippen molar-refractivity contribution in [3.63, 3.8) is 0 Å². The first-order valence-corrected chi connectivity index (χ1v) is 8.50. The van der Waals surface area contributed by atoms with Gasteiger partial charge in [-0.1, -0.05) is 60.7 Å². The summed E-state index contributed by atoms with van der Waals surface area (Å²) in [5, 5.41) is 10.1. The van der Waals surface area contributed by atoms with Crippen LogP contribution in [-0.4, -0.2) is 49.0 Å². The normalized spacial score (nSPS) is 20.0. The number of hydrogen-bond donors (Lipinski definition) is 1. The lowest BCUT2D eigenvalue weighted by molar-refractivity contribution is -0.0816. The van der Waals surface area contributed by atoms with E-state index in [1.165, 1.54) is 5.56 Å². The predicted molar refractivity (Wildman–Crippen MR) is 93.7 cm³/mol. The van der Waals surface area contributed by atoms with Gasteiger partial charge in [0.25, 0.3) is 0 Å². The van der Waals surface area contributed by atoms with Gasteiger partial charge >= 0.3 is 0 Å². The van der Waals surface area contributed by atoms with Crippen LogP contribution in [0.2, 0.25) is 0 Å². The van der Waals surface area contributed by atoms with Crippen LogP contribution in [0.1, 0.15) is 17.2 Å². The molecule has 0 spiro atoms. The quantitative estimate of drug-likeness (QED) is 0.849. The Balaban J connectivity index is 1.41. The molecule has 2 aromatic carbocycles. The molecule has 2 unspecified atom stereocenters. The van der Waals surface area contributed by atoms with Gasteiger partial charge in [0.2, 0.25) is 0 Å². The third-order valence-electron chi connectivity index (χ3n) is 4.24. The first-order valence-electron chi connectivity index (χ1n) is 8.50. The molecule has 24 heavy (non-hydrogen) atoms. The minimum absolute atomic E-state index is 0.0606. The number of hydrogen-bond acceptors (Lipinski definition) is 4. The van der Waals surface area contributed by atoms with Crippen molar-refractivity contribution in [2.45, 2.75) is 18.8 Å². The number of benzene rings is 2. The fourth-order valence-electron chi connectivity index (χ4n) is 2.95. The molecule has 0 aliphatic carbocycles. The summed E-state index contributed by atoms with van der Waals surface area (Å²) < 4.78 is 11.5. The Morgan fingerprint density at radius 1 is 1.08 bits per heavy atom. The van der Waals surface area contributed by atoms with Crippen molar-refractivity contribution >= 4 is 0 Å². The summed E-state index contributed by atoms with van der Waals surface area (Å²) in [6, 6.07) is 20.1. The molecule has 0 aromatic heterocycles. The number of rotatable bonds is 7. The maximum Gasteiger partial charge on any atom is 0.102 e. The molecule has 1 fully saturated rings. The van der Waals surface area contributed by atoms with Crippen LogP contribution >= 0.6 is 0 Å². The second-order valence-corrected chi connectivity index (χ2v) is 6.18. The second kappa shape index (κ2) is 8.94. The van der Waals surface area contributed by atoms with E-state index in [0.717, 1.165) is 31.8 Å². The van der Waals surface area contributed by atoms with Gasteiger partial charge in [-0.15, -0.1) is 0 Å². The molecule has 2 atom stereocenters. The molecular weight excluding hydrogens is 302 g/mol. The Morgan fingerprint density at radius 3 is 2.54 bits per heavy atom. The van der Waals surface area contributed by atoms with Crippen LogP contribution < -0.4 is 0 Å². The number of morpholine rings is 1. The van der Waals surface area contributed by atoms with Crippen LogP contribution in [-0.2, 0) is 16.0 Å². The molecule has 128 valence electrons. The molecule has 0 bridgehead atoms. The molecule has 0 saturated carbocycles. The molecule has 3 rings (SSSR count). The lowest BCUT2D eigenvalue weighted by Crippen LogP contribution is -2.44. The fraction of sp³-hybridized carbons (Fsp3) is 0.400. The molecule has 1 aliphatic heterocycles. The highest BCUT2D eigenvalue weighted by atomic mass is 16.5. The van der Waals surface area contributed by atoms with E-state index in [1.807, 2.05) is 36.4 Å². The molecule has 1 saturated heterocycles. The van der Waals surface area contributed by atoms with Crippen LogP contribution in [0.5, 0.6) is 0 Å². The smallest absolute Gasteiger partial charge is 0.102 e. The molecule has 0 radical (unpaired) electrons. The monoisotopic (exact) mass is 327 g/mol. The van der Waals surface area contributed by atoms with Gasteiger partial charge in [0, 0.05) is 19.6 Å². The summed E-state index contributed by atoms with van der Waals surface area (Å²) >= 11 is 0. The molecule has 0 amide bonds. The standard InChI is InChI=1S/C20H25NO3/c22-20(18-9-5-2-6-10-18)16-23-15-19-14-21(11-12-24-19)13-17-7-3-1-4-8-17/h1-10,19-20,22H,11-16H2. The van der Waals surface area contributed by atoms with Gasteiger partial charge in [0.1, 0.15) is 6.10 Å². The zero-order valence-electron chi connectivity index (χ0n) is 13.9. The Labute approximate surface area is 143 Å². The topological polar surface area (TPSA) is 41.9 Å². The van der Waals surface area contributed by atoms with Crippen LogP contribution in [0.3, 0.4) is 0 Å². The third-order valence-corrected chi connectivity index (χ3v) is 4.24. The van der Waals surface area contributed by atoms with Crippen molar-refractivity contribution in [2.24, 2.45) is 0 Å². The number of aliphatic hydroxyl groups is 1. The van der Waals surface area contributed by atoms with Crippen molar-refractivity contribution in [2.75, 3.05) is 32.9 Å². The van der Waals surface area contributed by atoms with Crippen molar-refractivity contribution in [3.8, 4) is 0 Å². The SMILES string of the molecule is OC(COCC1CN(Cc2ccccc2)CCO1)c1ccccc1. The van der Waals surface area contributed by atoms with E-state index in [4.69, 9.17) is 9.47 Å². The van der Waals surface area contributed by atoms with Crippen molar-refractivity contribution in [1.82, 2.24) is 4.90 Å². The maximum absolute atomic E-state index is 10.1. The Kier molecular flexibility index (Phi) is 6.38. The summed E-state index contributed by atoms with van der Waals surface area (Å²) in [6.07, 6.45) is -0.527. The van der Waals surface area contributed by atoms with Gasteiger partial charge in [-0.2, -0.15) is 0 Å². The third kappa shape index (κ3) is 5.14. The van der Waals surface area contributed by atoms with Crippen molar-refractivity contribution < 1.29 is 14.6 Å². The van der Waals surface area contributed by atoms with Gasteiger partial charge in [-0.05, 0) is 11.1 Å². The second-order valence-electron chi connectivity index (χ2n) is 6.18. The zero-order valence-corrected chi connectivity index (χ0v) is 13.9. The molecule has 1 heterocycles. The summed E-state index contributed by atoms with van der Waals surface area (Å²) in [5.41, 5.74) is 2.20. The van der Waals surface area contributed by atoms with Gasteiger partial charge in [-0.25, -0.2) is 0 Å². The summed E-state index contributed by atoms with van der Waals surface area (Å²) in [7, 11) is 0. The van der Waals surface area contributed by atoms with Crippen LogP contribution in [0.25, 0.3) is 0 Å². The maximum atomic E-state index is 10.1. The first kappa shape index (κ1) is 17.1. The Morgan fingerprint density at radius 2 is 1.79 bits per heavy atom. The average Bonchev–Trinajstić information content (AvgIpc) is 2.63. The van der Waals surface area contributed by atoms with E-state index < -0.39 is 6.10 Å².